The van der Waals surface area contributed by atoms with E-state index in [4.69, 9.17) is 4.74 Å². The van der Waals surface area contributed by atoms with E-state index in [1.165, 1.54) is 0 Å². The summed E-state index contributed by atoms with van der Waals surface area (Å²) in [5.41, 5.74) is 2.00. The lowest BCUT2D eigenvalue weighted by molar-refractivity contribution is 0.0768. The predicted octanol–water partition coefficient (Wildman–Crippen LogP) is 1.36. The van der Waals surface area contributed by atoms with Gasteiger partial charge >= 0.3 is 0 Å². The second-order valence-electron chi connectivity index (χ2n) is 3.63. The van der Waals surface area contributed by atoms with Crippen molar-refractivity contribution in [2.24, 2.45) is 0 Å². The highest BCUT2D eigenvalue weighted by molar-refractivity contribution is 5.36. The van der Waals surface area contributed by atoms with Crippen LogP contribution < -0.4 is 5.32 Å². The van der Waals surface area contributed by atoms with Crippen LogP contribution in [0.25, 0.3) is 0 Å². The van der Waals surface area contributed by atoms with Gasteiger partial charge in [0, 0.05) is 6.54 Å². The van der Waals surface area contributed by atoms with Crippen LogP contribution in [0.2, 0.25) is 0 Å². The Labute approximate surface area is 83.7 Å². The first kappa shape index (κ1) is 9.49. The van der Waals surface area contributed by atoms with E-state index in [1.807, 2.05) is 25.1 Å². The number of hydrogen-bond donors (Lipinski definition) is 2. The molecule has 1 atom stereocenters. The third kappa shape index (κ3) is 1.89. The summed E-state index contributed by atoms with van der Waals surface area (Å²) in [7, 11) is 0. The highest BCUT2D eigenvalue weighted by Crippen LogP contribution is 2.23. The van der Waals surface area contributed by atoms with E-state index in [-0.39, 0.29) is 6.04 Å². The molecule has 1 fully saturated rings. The van der Waals surface area contributed by atoms with E-state index in [0.29, 0.717) is 12.4 Å². The number of aryl methyl sites for hydroxylation is 1. The fourth-order valence-corrected chi connectivity index (χ4v) is 1.62. The molecule has 0 unspecified atom stereocenters. The van der Waals surface area contributed by atoms with Crippen molar-refractivity contribution in [3.63, 3.8) is 0 Å². The zero-order valence-electron chi connectivity index (χ0n) is 8.29. The Hall–Kier alpha value is -1.06. The zero-order valence-corrected chi connectivity index (χ0v) is 8.29. The molecule has 76 valence electrons. The van der Waals surface area contributed by atoms with E-state index < -0.39 is 0 Å². The van der Waals surface area contributed by atoms with Gasteiger partial charge in [0.1, 0.15) is 5.75 Å². The predicted molar refractivity (Wildman–Crippen MR) is 54.4 cm³/mol. The van der Waals surface area contributed by atoms with Crippen molar-refractivity contribution in [3.8, 4) is 5.75 Å². The lowest BCUT2D eigenvalue weighted by Gasteiger charge is -2.24. The summed E-state index contributed by atoms with van der Waals surface area (Å²) in [4.78, 5) is 0. The number of ether oxygens (including phenoxy) is 1. The molecule has 0 spiro atoms. The van der Waals surface area contributed by atoms with Gasteiger partial charge in [-0.25, -0.2) is 0 Å². The van der Waals surface area contributed by atoms with Crippen LogP contribution in [0.5, 0.6) is 5.75 Å². The summed E-state index contributed by atoms with van der Waals surface area (Å²) < 4.78 is 5.36. The van der Waals surface area contributed by atoms with Crippen molar-refractivity contribution in [1.82, 2.24) is 5.32 Å². The third-order valence-electron chi connectivity index (χ3n) is 2.56. The maximum atomic E-state index is 9.56. The molecule has 2 N–H and O–H groups in total. The van der Waals surface area contributed by atoms with Crippen molar-refractivity contribution < 1.29 is 9.84 Å². The van der Waals surface area contributed by atoms with Gasteiger partial charge in [-0.3, -0.25) is 0 Å². The van der Waals surface area contributed by atoms with Gasteiger partial charge in [-0.2, -0.15) is 0 Å². The monoisotopic (exact) mass is 193 g/mol. The fourth-order valence-electron chi connectivity index (χ4n) is 1.62. The number of hydrogen-bond acceptors (Lipinski definition) is 3. The minimum atomic E-state index is 0.218. The van der Waals surface area contributed by atoms with Crippen LogP contribution in [0, 0.1) is 6.92 Å². The normalized spacial score (nSPS) is 22.2. The molecule has 0 amide bonds. The molecule has 14 heavy (non-hydrogen) atoms. The molecule has 1 saturated heterocycles. The molecule has 1 heterocycles. The molecule has 0 bridgehead atoms. The summed E-state index contributed by atoms with van der Waals surface area (Å²) in [5.74, 6) is 0.356. The quantitative estimate of drug-likeness (QED) is 0.707. The Bertz CT molecular complexity index is 319. The number of phenols is 1. The zero-order chi connectivity index (χ0) is 9.97. The smallest absolute Gasteiger partial charge is 0.118 e. The van der Waals surface area contributed by atoms with Crippen molar-refractivity contribution in [1.29, 1.82) is 0 Å². The Balaban J connectivity index is 2.18. The fraction of sp³-hybridized carbons (Fsp3) is 0.455. The SMILES string of the molecule is Cc1ccc([C@H]2COCCN2)cc1O. The van der Waals surface area contributed by atoms with Crippen LogP contribution >= 0.6 is 0 Å². The van der Waals surface area contributed by atoms with E-state index in [2.05, 4.69) is 5.32 Å². The highest BCUT2D eigenvalue weighted by Gasteiger charge is 2.15. The van der Waals surface area contributed by atoms with Crippen molar-refractivity contribution in [2.75, 3.05) is 19.8 Å². The molecular formula is C11H15NO2. The van der Waals surface area contributed by atoms with Crippen molar-refractivity contribution in [3.05, 3.63) is 29.3 Å². The molecule has 1 aromatic carbocycles. The summed E-state index contributed by atoms with van der Waals surface area (Å²) in [6, 6.07) is 5.99. The van der Waals surface area contributed by atoms with Gasteiger partial charge in [0.25, 0.3) is 0 Å². The Morgan fingerprint density at radius 1 is 1.50 bits per heavy atom. The minimum absolute atomic E-state index is 0.218. The first-order valence-corrected chi connectivity index (χ1v) is 4.88. The third-order valence-corrected chi connectivity index (χ3v) is 2.56. The van der Waals surface area contributed by atoms with E-state index in [1.54, 1.807) is 0 Å². The highest BCUT2D eigenvalue weighted by atomic mass is 16.5. The van der Waals surface area contributed by atoms with Gasteiger partial charge < -0.3 is 15.2 Å². The topological polar surface area (TPSA) is 41.5 Å². The number of phenolic OH excluding ortho intramolecular Hbond substituents is 1. The van der Waals surface area contributed by atoms with Gasteiger partial charge in [-0.15, -0.1) is 0 Å². The van der Waals surface area contributed by atoms with Gasteiger partial charge in [0.05, 0.1) is 19.3 Å². The Kier molecular flexibility index (Phi) is 2.70. The minimum Gasteiger partial charge on any atom is -0.508 e. The van der Waals surface area contributed by atoms with Crippen LogP contribution in [0.4, 0.5) is 0 Å². The first-order chi connectivity index (χ1) is 6.77. The van der Waals surface area contributed by atoms with Crippen LogP contribution in [-0.2, 0) is 4.74 Å². The summed E-state index contributed by atoms with van der Waals surface area (Å²) in [6.07, 6.45) is 0. The number of nitrogens with one attached hydrogen (secondary N) is 1. The molecule has 0 aromatic heterocycles. The molecule has 1 aromatic rings. The van der Waals surface area contributed by atoms with Crippen molar-refractivity contribution >= 4 is 0 Å². The molecular weight excluding hydrogens is 178 g/mol. The van der Waals surface area contributed by atoms with Gasteiger partial charge in [-0.05, 0) is 24.1 Å². The molecule has 0 aliphatic carbocycles. The van der Waals surface area contributed by atoms with E-state index in [0.717, 1.165) is 24.3 Å². The van der Waals surface area contributed by atoms with Gasteiger partial charge in [0.2, 0.25) is 0 Å². The maximum absolute atomic E-state index is 9.56. The maximum Gasteiger partial charge on any atom is 0.118 e. The number of benzene rings is 1. The van der Waals surface area contributed by atoms with E-state index in [9.17, 15) is 5.11 Å². The van der Waals surface area contributed by atoms with Crippen LogP contribution in [-0.4, -0.2) is 24.9 Å². The number of rotatable bonds is 1. The molecule has 3 nitrogen and oxygen atoms in total. The molecule has 0 radical (unpaired) electrons. The lowest BCUT2D eigenvalue weighted by Crippen LogP contribution is -2.34. The first-order valence-electron chi connectivity index (χ1n) is 4.88. The summed E-state index contributed by atoms with van der Waals surface area (Å²) in [5, 5.41) is 12.9. The Morgan fingerprint density at radius 2 is 2.36 bits per heavy atom. The Morgan fingerprint density at radius 3 is 3.00 bits per heavy atom. The standard InChI is InChI=1S/C11H15NO2/c1-8-2-3-9(6-11(8)13)10-7-14-5-4-12-10/h2-3,6,10,12-13H,4-5,7H2,1H3/t10-/m1/s1. The molecule has 1 aliphatic heterocycles. The summed E-state index contributed by atoms with van der Waals surface area (Å²) in [6.45, 7) is 4.22. The lowest BCUT2D eigenvalue weighted by atomic mass is 10.0. The second kappa shape index (κ2) is 3.98. The average molecular weight is 193 g/mol. The molecule has 1 aliphatic rings. The molecule has 2 rings (SSSR count). The number of aromatic hydroxyl groups is 1. The van der Waals surface area contributed by atoms with Gasteiger partial charge in [-0.1, -0.05) is 12.1 Å². The molecule has 0 saturated carbocycles. The van der Waals surface area contributed by atoms with Crippen LogP contribution in [0.15, 0.2) is 18.2 Å². The molecule has 3 heteroatoms. The van der Waals surface area contributed by atoms with Crippen LogP contribution in [0.3, 0.4) is 0 Å². The second-order valence-corrected chi connectivity index (χ2v) is 3.63. The van der Waals surface area contributed by atoms with Gasteiger partial charge in [0.15, 0.2) is 0 Å². The van der Waals surface area contributed by atoms with Crippen LogP contribution in [0.1, 0.15) is 17.2 Å². The van der Waals surface area contributed by atoms with Crippen molar-refractivity contribution in [2.45, 2.75) is 13.0 Å². The largest absolute Gasteiger partial charge is 0.508 e. The van der Waals surface area contributed by atoms with E-state index >= 15 is 0 Å². The number of morpholine rings is 1. The average Bonchev–Trinajstić information content (AvgIpc) is 2.23. The summed E-state index contributed by atoms with van der Waals surface area (Å²) >= 11 is 0.